The Hall–Kier alpha value is -2.11. The Kier molecular flexibility index (Phi) is 6.58. The summed E-state index contributed by atoms with van der Waals surface area (Å²) in [4.78, 5) is 23.6. The average molecular weight is 369 g/mol. The molecule has 0 aromatic heterocycles. The topological polar surface area (TPSA) is 58.2 Å². The van der Waals surface area contributed by atoms with Crippen LogP contribution >= 0.6 is 23.2 Å². The first-order valence-electron chi connectivity index (χ1n) is 7.19. The molecule has 0 saturated carbocycles. The van der Waals surface area contributed by atoms with E-state index in [-0.39, 0.29) is 12.2 Å². The molecule has 0 aliphatic rings. The number of halogens is 3. The molecule has 0 radical (unpaired) electrons. The van der Waals surface area contributed by atoms with E-state index in [1.54, 1.807) is 18.2 Å². The van der Waals surface area contributed by atoms with Crippen molar-refractivity contribution in [2.45, 2.75) is 12.8 Å². The lowest BCUT2D eigenvalue weighted by Crippen LogP contribution is -2.29. The van der Waals surface area contributed by atoms with Crippen LogP contribution in [0.3, 0.4) is 0 Å². The standard InChI is InChI=1S/C17H15Cl2FN2O2/c18-12-7-13(19)9-15(8-12)22-17(24)10-16(23)21-6-5-11-1-3-14(20)4-2-11/h1-4,7-9H,5-6,10H2,(H,21,23)(H,22,24). The van der Waals surface area contributed by atoms with Crippen molar-refractivity contribution < 1.29 is 14.0 Å². The molecule has 2 aromatic carbocycles. The normalized spacial score (nSPS) is 10.3. The van der Waals surface area contributed by atoms with Crippen molar-refractivity contribution in [2.75, 3.05) is 11.9 Å². The van der Waals surface area contributed by atoms with Crippen LogP contribution in [0.15, 0.2) is 42.5 Å². The fourth-order valence-electron chi connectivity index (χ4n) is 2.04. The second kappa shape index (κ2) is 8.66. The van der Waals surface area contributed by atoms with Crippen LogP contribution in [-0.4, -0.2) is 18.4 Å². The van der Waals surface area contributed by atoms with Gasteiger partial charge in [0.05, 0.1) is 0 Å². The van der Waals surface area contributed by atoms with Crippen LogP contribution in [0, 0.1) is 5.82 Å². The second-order valence-corrected chi connectivity index (χ2v) is 5.98. The third-order valence-electron chi connectivity index (χ3n) is 3.12. The Morgan fingerprint density at radius 1 is 0.958 bits per heavy atom. The largest absolute Gasteiger partial charge is 0.355 e. The minimum absolute atomic E-state index is 0.305. The van der Waals surface area contributed by atoms with Gasteiger partial charge in [0.2, 0.25) is 11.8 Å². The van der Waals surface area contributed by atoms with Gasteiger partial charge < -0.3 is 10.6 Å². The quantitative estimate of drug-likeness (QED) is 0.761. The second-order valence-electron chi connectivity index (χ2n) is 5.11. The van der Waals surface area contributed by atoms with Gasteiger partial charge in [-0.15, -0.1) is 0 Å². The monoisotopic (exact) mass is 368 g/mol. The van der Waals surface area contributed by atoms with Gasteiger partial charge in [0, 0.05) is 22.3 Å². The highest BCUT2D eigenvalue weighted by Gasteiger charge is 2.10. The lowest BCUT2D eigenvalue weighted by atomic mass is 10.1. The summed E-state index contributed by atoms with van der Waals surface area (Å²) in [5.41, 5.74) is 1.33. The molecule has 4 nitrogen and oxygen atoms in total. The molecule has 0 unspecified atom stereocenters. The first-order chi connectivity index (χ1) is 11.4. The molecule has 0 saturated heterocycles. The molecule has 0 heterocycles. The lowest BCUT2D eigenvalue weighted by molar-refractivity contribution is -0.126. The summed E-state index contributed by atoms with van der Waals surface area (Å²) in [5, 5.41) is 5.98. The minimum Gasteiger partial charge on any atom is -0.355 e. The van der Waals surface area contributed by atoms with Crippen molar-refractivity contribution in [3.63, 3.8) is 0 Å². The molecule has 0 bridgehead atoms. The van der Waals surface area contributed by atoms with Gasteiger partial charge in [0.25, 0.3) is 0 Å². The van der Waals surface area contributed by atoms with E-state index < -0.39 is 11.8 Å². The molecule has 7 heteroatoms. The van der Waals surface area contributed by atoms with Gasteiger partial charge in [-0.3, -0.25) is 9.59 Å². The summed E-state index contributed by atoms with van der Waals surface area (Å²) < 4.78 is 12.8. The van der Waals surface area contributed by atoms with E-state index in [0.717, 1.165) is 5.56 Å². The molecule has 0 aliphatic carbocycles. The third kappa shape index (κ3) is 6.18. The number of rotatable bonds is 6. The third-order valence-corrected chi connectivity index (χ3v) is 3.55. The Bertz CT molecular complexity index is 716. The first-order valence-corrected chi connectivity index (χ1v) is 7.95. The van der Waals surface area contributed by atoms with Crippen molar-refractivity contribution >= 4 is 40.7 Å². The van der Waals surface area contributed by atoms with Gasteiger partial charge in [-0.2, -0.15) is 0 Å². The van der Waals surface area contributed by atoms with Crippen molar-refractivity contribution in [3.05, 3.63) is 63.9 Å². The van der Waals surface area contributed by atoms with Crippen LogP contribution in [-0.2, 0) is 16.0 Å². The zero-order valence-corrected chi connectivity index (χ0v) is 14.1. The Labute approximate surface area is 149 Å². The maximum absolute atomic E-state index is 12.8. The highest BCUT2D eigenvalue weighted by molar-refractivity contribution is 6.35. The highest BCUT2D eigenvalue weighted by atomic mass is 35.5. The maximum atomic E-state index is 12.8. The summed E-state index contributed by atoms with van der Waals surface area (Å²) in [5.74, 6) is -1.17. The first kappa shape index (κ1) is 18.2. The van der Waals surface area contributed by atoms with Crippen molar-refractivity contribution in [3.8, 4) is 0 Å². The molecule has 2 rings (SSSR count). The van der Waals surface area contributed by atoms with E-state index in [4.69, 9.17) is 23.2 Å². The Morgan fingerprint density at radius 2 is 1.58 bits per heavy atom. The van der Waals surface area contributed by atoms with Gasteiger partial charge in [0.15, 0.2) is 0 Å². The smallest absolute Gasteiger partial charge is 0.233 e. The number of amides is 2. The fourth-order valence-corrected chi connectivity index (χ4v) is 2.56. The van der Waals surface area contributed by atoms with Crippen LogP contribution in [0.4, 0.5) is 10.1 Å². The predicted octanol–water partition coefficient (Wildman–Crippen LogP) is 3.82. The van der Waals surface area contributed by atoms with E-state index >= 15 is 0 Å². The molecule has 0 fully saturated rings. The van der Waals surface area contributed by atoms with Crippen LogP contribution in [0.5, 0.6) is 0 Å². The molecule has 2 amide bonds. The van der Waals surface area contributed by atoms with Gasteiger partial charge >= 0.3 is 0 Å². The van der Waals surface area contributed by atoms with Crippen LogP contribution in [0.25, 0.3) is 0 Å². The number of carbonyl (C=O) groups excluding carboxylic acids is 2. The summed E-state index contributed by atoms with van der Waals surface area (Å²) in [6.07, 6.45) is 0.241. The van der Waals surface area contributed by atoms with Crippen LogP contribution < -0.4 is 10.6 Å². The summed E-state index contributed by atoms with van der Waals surface area (Å²) in [6, 6.07) is 10.6. The number of benzene rings is 2. The predicted molar refractivity (Wildman–Crippen MR) is 92.8 cm³/mol. The van der Waals surface area contributed by atoms with Crippen LogP contribution in [0.1, 0.15) is 12.0 Å². The number of hydrogen-bond acceptors (Lipinski definition) is 2. The van der Waals surface area contributed by atoms with Crippen molar-refractivity contribution in [1.82, 2.24) is 5.32 Å². The zero-order valence-electron chi connectivity index (χ0n) is 12.6. The number of carbonyl (C=O) groups is 2. The number of hydrogen-bond donors (Lipinski definition) is 2. The highest BCUT2D eigenvalue weighted by Crippen LogP contribution is 2.22. The van der Waals surface area contributed by atoms with E-state index in [2.05, 4.69) is 10.6 Å². The van der Waals surface area contributed by atoms with E-state index in [1.807, 2.05) is 0 Å². The average Bonchev–Trinajstić information content (AvgIpc) is 2.48. The molecule has 126 valence electrons. The van der Waals surface area contributed by atoms with E-state index in [9.17, 15) is 14.0 Å². The molecule has 0 atom stereocenters. The van der Waals surface area contributed by atoms with E-state index in [1.165, 1.54) is 24.3 Å². The summed E-state index contributed by atoms with van der Waals surface area (Å²) in [6.45, 7) is 0.362. The van der Waals surface area contributed by atoms with Crippen LogP contribution in [0.2, 0.25) is 10.0 Å². The Morgan fingerprint density at radius 3 is 2.21 bits per heavy atom. The summed E-state index contributed by atoms with van der Waals surface area (Å²) in [7, 11) is 0. The number of anilines is 1. The lowest BCUT2D eigenvalue weighted by Gasteiger charge is -2.07. The van der Waals surface area contributed by atoms with Crippen molar-refractivity contribution in [2.24, 2.45) is 0 Å². The van der Waals surface area contributed by atoms with Gasteiger partial charge in [-0.25, -0.2) is 4.39 Å². The molecule has 24 heavy (non-hydrogen) atoms. The SMILES string of the molecule is O=C(CC(=O)Nc1cc(Cl)cc(Cl)c1)NCCc1ccc(F)cc1. The van der Waals surface area contributed by atoms with Crippen molar-refractivity contribution in [1.29, 1.82) is 0 Å². The molecule has 2 N–H and O–H groups in total. The molecule has 0 spiro atoms. The minimum atomic E-state index is -0.465. The summed E-state index contributed by atoms with van der Waals surface area (Å²) >= 11 is 11.7. The molecule has 2 aromatic rings. The molecular formula is C17H15Cl2FN2O2. The van der Waals surface area contributed by atoms with E-state index in [0.29, 0.717) is 28.7 Å². The Balaban J connectivity index is 1.75. The maximum Gasteiger partial charge on any atom is 0.233 e. The van der Waals surface area contributed by atoms with Gasteiger partial charge in [-0.05, 0) is 42.3 Å². The fraction of sp³-hybridized carbons (Fsp3) is 0.176. The van der Waals surface area contributed by atoms with Gasteiger partial charge in [-0.1, -0.05) is 35.3 Å². The number of nitrogens with one attached hydrogen (secondary N) is 2. The zero-order chi connectivity index (χ0) is 17.5. The van der Waals surface area contributed by atoms with Gasteiger partial charge in [0.1, 0.15) is 12.2 Å². The molecule has 0 aliphatic heterocycles. The molecular weight excluding hydrogens is 354 g/mol.